The quantitative estimate of drug-likeness (QED) is 0.947. The van der Waals surface area contributed by atoms with Gasteiger partial charge in [-0.25, -0.2) is 4.79 Å². The van der Waals surface area contributed by atoms with Crippen LogP contribution in [0.25, 0.3) is 0 Å². The molecule has 2 heterocycles. The Morgan fingerprint density at radius 1 is 1.27 bits per heavy atom. The van der Waals surface area contributed by atoms with Gasteiger partial charge in [0.1, 0.15) is 0 Å². The molecule has 2 aromatic rings. The molecule has 0 aliphatic carbocycles. The molecule has 2 amide bonds. The average molecular weight is 313 g/mol. The van der Waals surface area contributed by atoms with Crippen molar-refractivity contribution < 1.29 is 4.79 Å². The van der Waals surface area contributed by atoms with E-state index in [-0.39, 0.29) is 6.03 Å². The van der Waals surface area contributed by atoms with Gasteiger partial charge >= 0.3 is 6.03 Å². The number of rotatable bonds is 3. The van der Waals surface area contributed by atoms with Gasteiger partial charge in [-0.15, -0.1) is 0 Å². The number of nitrogens with zero attached hydrogens (tertiary/aromatic N) is 2. The lowest BCUT2D eigenvalue weighted by Gasteiger charge is -2.32. The Bertz CT molecular complexity index is 606. The van der Waals surface area contributed by atoms with E-state index in [0.29, 0.717) is 11.8 Å². The highest BCUT2D eigenvalue weighted by Crippen LogP contribution is 2.32. The van der Waals surface area contributed by atoms with E-state index in [1.54, 1.807) is 12.4 Å². The second-order valence-electron chi connectivity index (χ2n) is 5.24. The number of benzene rings is 1. The number of carbonyl (C=O) groups excluding carboxylic acids is 1. The van der Waals surface area contributed by atoms with Gasteiger partial charge in [-0.05, 0) is 17.2 Å². The molecule has 1 unspecified atom stereocenters. The van der Waals surface area contributed by atoms with E-state index in [9.17, 15) is 4.79 Å². The molecule has 5 heteroatoms. The predicted molar refractivity (Wildman–Crippen MR) is 89.7 cm³/mol. The summed E-state index contributed by atoms with van der Waals surface area (Å²) < 4.78 is 0. The number of urea groups is 1. The third-order valence-corrected chi connectivity index (χ3v) is 4.93. The Labute approximate surface area is 134 Å². The molecule has 0 saturated carbocycles. The molecule has 1 aliphatic heterocycles. The third-order valence-electron chi connectivity index (χ3n) is 3.69. The van der Waals surface area contributed by atoms with Crippen molar-refractivity contribution in [2.24, 2.45) is 0 Å². The Morgan fingerprint density at radius 3 is 2.91 bits per heavy atom. The van der Waals surface area contributed by atoms with Crippen LogP contribution >= 0.6 is 11.8 Å². The maximum atomic E-state index is 12.3. The minimum Gasteiger partial charge on any atom is -0.334 e. The molecule has 114 valence electrons. The van der Waals surface area contributed by atoms with E-state index in [4.69, 9.17) is 0 Å². The number of carbonyl (C=O) groups is 1. The van der Waals surface area contributed by atoms with Gasteiger partial charge in [0.25, 0.3) is 0 Å². The maximum Gasteiger partial charge on any atom is 0.317 e. The number of thioether (sulfide) groups is 1. The minimum atomic E-state index is 0.00471. The minimum absolute atomic E-state index is 0.00471. The Kier molecular flexibility index (Phi) is 4.96. The lowest BCUT2D eigenvalue weighted by atomic mass is 10.1. The van der Waals surface area contributed by atoms with Gasteiger partial charge in [0.2, 0.25) is 0 Å². The van der Waals surface area contributed by atoms with Crippen LogP contribution in [0.2, 0.25) is 0 Å². The van der Waals surface area contributed by atoms with Crippen LogP contribution in [0.15, 0.2) is 54.9 Å². The molecule has 1 aromatic carbocycles. The van der Waals surface area contributed by atoms with Gasteiger partial charge in [0, 0.05) is 43.0 Å². The van der Waals surface area contributed by atoms with Crippen molar-refractivity contribution in [3.8, 4) is 0 Å². The van der Waals surface area contributed by atoms with Crippen LogP contribution in [0, 0.1) is 0 Å². The smallest absolute Gasteiger partial charge is 0.317 e. The summed E-state index contributed by atoms with van der Waals surface area (Å²) in [5, 5.41) is 3.34. The number of aromatic nitrogens is 1. The van der Waals surface area contributed by atoms with Crippen molar-refractivity contribution in [2.75, 3.05) is 18.8 Å². The van der Waals surface area contributed by atoms with Crippen LogP contribution in [0.3, 0.4) is 0 Å². The molecule has 4 nitrogen and oxygen atoms in total. The van der Waals surface area contributed by atoms with Crippen molar-refractivity contribution in [3.05, 3.63) is 66.0 Å². The molecule has 0 bridgehead atoms. The van der Waals surface area contributed by atoms with Gasteiger partial charge in [-0.2, -0.15) is 11.8 Å². The number of nitrogens with one attached hydrogen (secondary N) is 1. The lowest BCUT2D eigenvalue weighted by molar-refractivity contribution is 0.199. The summed E-state index contributed by atoms with van der Waals surface area (Å²) in [5.41, 5.74) is 2.30. The second kappa shape index (κ2) is 7.31. The summed E-state index contributed by atoms with van der Waals surface area (Å²) in [5.74, 6) is 0.972. The van der Waals surface area contributed by atoms with Crippen molar-refractivity contribution in [1.29, 1.82) is 0 Å². The summed E-state index contributed by atoms with van der Waals surface area (Å²) in [6.45, 7) is 2.08. The normalized spacial score (nSPS) is 18.0. The van der Waals surface area contributed by atoms with Crippen LogP contribution in [-0.4, -0.2) is 34.8 Å². The first-order chi connectivity index (χ1) is 10.8. The standard InChI is InChI=1S/C17H19N3OS/c21-17(19-12-14-5-4-8-18-11-14)20-9-10-22-16(13-20)15-6-2-1-3-7-15/h1-8,11,16H,9-10,12-13H2,(H,19,21). The van der Waals surface area contributed by atoms with Crippen molar-refractivity contribution >= 4 is 17.8 Å². The summed E-state index contributed by atoms with van der Waals surface area (Å²) in [6, 6.07) is 14.2. The molecule has 1 aliphatic rings. The first-order valence-electron chi connectivity index (χ1n) is 7.41. The summed E-state index contributed by atoms with van der Waals surface area (Å²) >= 11 is 1.92. The summed E-state index contributed by atoms with van der Waals surface area (Å²) in [4.78, 5) is 18.3. The zero-order valence-electron chi connectivity index (χ0n) is 12.3. The molecule has 1 N–H and O–H groups in total. The van der Waals surface area contributed by atoms with Gasteiger partial charge in [-0.3, -0.25) is 4.98 Å². The number of hydrogen-bond donors (Lipinski definition) is 1. The largest absolute Gasteiger partial charge is 0.334 e. The highest BCUT2D eigenvalue weighted by Gasteiger charge is 2.24. The second-order valence-corrected chi connectivity index (χ2v) is 6.55. The van der Waals surface area contributed by atoms with Gasteiger partial charge in [0.15, 0.2) is 0 Å². The van der Waals surface area contributed by atoms with E-state index < -0.39 is 0 Å². The number of amides is 2. The van der Waals surface area contributed by atoms with E-state index in [2.05, 4.69) is 34.6 Å². The summed E-state index contributed by atoms with van der Waals surface area (Å²) in [6.07, 6.45) is 3.51. The van der Waals surface area contributed by atoms with E-state index >= 15 is 0 Å². The molecule has 22 heavy (non-hydrogen) atoms. The molecule has 1 saturated heterocycles. The Morgan fingerprint density at radius 2 is 2.14 bits per heavy atom. The fraction of sp³-hybridized carbons (Fsp3) is 0.294. The monoisotopic (exact) mass is 313 g/mol. The van der Waals surface area contributed by atoms with Crippen molar-refractivity contribution in [2.45, 2.75) is 11.8 Å². The first-order valence-corrected chi connectivity index (χ1v) is 8.46. The van der Waals surface area contributed by atoms with Gasteiger partial charge in [0.05, 0.1) is 0 Å². The molecule has 1 atom stereocenters. The van der Waals surface area contributed by atoms with Crippen LogP contribution in [-0.2, 0) is 6.54 Å². The van der Waals surface area contributed by atoms with Crippen LogP contribution in [0.5, 0.6) is 0 Å². The zero-order chi connectivity index (χ0) is 15.2. The zero-order valence-corrected chi connectivity index (χ0v) is 13.1. The van der Waals surface area contributed by atoms with Crippen molar-refractivity contribution in [1.82, 2.24) is 15.2 Å². The maximum absolute atomic E-state index is 12.3. The van der Waals surface area contributed by atoms with Crippen LogP contribution < -0.4 is 5.32 Å². The van der Waals surface area contributed by atoms with Gasteiger partial charge in [-0.1, -0.05) is 36.4 Å². The predicted octanol–water partition coefficient (Wildman–Crippen LogP) is 3.08. The van der Waals surface area contributed by atoms with E-state index in [1.165, 1.54) is 5.56 Å². The topological polar surface area (TPSA) is 45.2 Å². The van der Waals surface area contributed by atoms with E-state index in [1.807, 2.05) is 34.9 Å². The van der Waals surface area contributed by atoms with Crippen LogP contribution in [0.1, 0.15) is 16.4 Å². The fourth-order valence-corrected chi connectivity index (χ4v) is 3.74. The Hall–Kier alpha value is -2.01. The van der Waals surface area contributed by atoms with Crippen LogP contribution in [0.4, 0.5) is 4.79 Å². The fourth-order valence-electron chi connectivity index (χ4n) is 2.50. The molecule has 1 fully saturated rings. The highest BCUT2D eigenvalue weighted by molar-refractivity contribution is 7.99. The number of pyridine rings is 1. The molecular formula is C17H19N3OS. The molecular weight excluding hydrogens is 294 g/mol. The third kappa shape index (κ3) is 3.80. The SMILES string of the molecule is O=C(NCc1cccnc1)N1CCSC(c2ccccc2)C1. The number of hydrogen-bond acceptors (Lipinski definition) is 3. The highest BCUT2D eigenvalue weighted by atomic mass is 32.2. The molecule has 1 aromatic heterocycles. The van der Waals surface area contributed by atoms with Crippen molar-refractivity contribution in [3.63, 3.8) is 0 Å². The molecule has 3 rings (SSSR count). The summed E-state index contributed by atoms with van der Waals surface area (Å²) in [7, 11) is 0. The van der Waals surface area contributed by atoms with E-state index in [0.717, 1.165) is 24.4 Å². The lowest BCUT2D eigenvalue weighted by Crippen LogP contribution is -2.44. The first kappa shape index (κ1) is 14.9. The van der Waals surface area contributed by atoms with Gasteiger partial charge < -0.3 is 10.2 Å². The average Bonchev–Trinajstić information content (AvgIpc) is 2.61. The Balaban J connectivity index is 1.56. The molecule has 0 radical (unpaired) electrons. The molecule has 0 spiro atoms.